The van der Waals surface area contributed by atoms with Gasteiger partial charge in [0.25, 0.3) is 0 Å². The van der Waals surface area contributed by atoms with Crippen molar-refractivity contribution in [3.8, 4) is 0 Å². The molecule has 0 aromatic heterocycles. The molecule has 0 fully saturated rings. The molecule has 2 aromatic carbocycles. The van der Waals surface area contributed by atoms with Crippen molar-refractivity contribution in [2.45, 2.75) is 19.5 Å². The first-order chi connectivity index (χ1) is 9.06. The first-order valence-electron chi connectivity index (χ1n) is 5.99. The maximum Gasteiger partial charge on any atom is 0.129 e. The van der Waals surface area contributed by atoms with E-state index in [-0.39, 0.29) is 11.9 Å². The Bertz CT molecular complexity index is 555. The maximum absolute atomic E-state index is 13.8. The standard InChI is InChI=1S/C15H14Br2FN/c1-10(14-7-6-13(17)8-15(14)18)19-9-11-2-4-12(16)5-3-11/h2-8,10,19H,9H2,1H3. The van der Waals surface area contributed by atoms with E-state index in [2.05, 4.69) is 37.2 Å². The minimum atomic E-state index is -0.190. The molecule has 2 aromatic rings. The molecule has 2 rings (SSSR count). The van der Waals surface area contributed by atoms with Gasteiger partial charge in [0, 0.05) is 27.1 Å². The average molecular weight is 387 g/mol. The zero-order valence-corrected chi connectivity index (χ0v) is 13.6. The second-order valence-corrected chi connectivity index (χ2v) is 6.23. The van der Waals surface area contributed by atoms with Gasteiger partial charge in [0.1, 0.15) is 5.82 Å². The van der Waals surface area contributed by atoms with Crippen molar-refractivity contribution in [1.29, 1.82) is 0 Å². The number of rotatable bonds is 4. The van der Waals surface area contributed by atoms with Gasteiger partial charge < -0.3 is 5.32 Å². The van der Waals surface area contributed by atoms with E-state index in [1.165, 1.54) is 11.6 Å². The Morgan fingerprint density at radius 3 is 2.32 bits per heavy atom. The highest BCUT2D eigenvalue weighted by Crippen LogP contribution is 2.21. The highest BCUT2D eigenvalue weighted by molar-refractivity contribution is 9.10. The van der Waals surface area contributed by atoms with Gasteiger partial charge in [-0.2, -0.15) is 0 Å². The molecule has 0 bridgehead atoms. The third kappa shape index (κ3) is 4.13. The van der Waals surface area contributed by atoms with Crippen LogP contribution >= 0.6 is 31.9 Å². The Hall–Kier alpha value is -0.710. The molecule has 1 unspecified atom stereocenters. The fourth-order valence-corrected chi connectivity index (χ4v) is 2.43. The Labute approximate surface area is 129 Å². The first kappa shape index (κ1) is 14.7. The van der Waals surface area contributed by atoms with E-state index in [0.29, 0.717) is 12.1 Å². The summed E-state index contributed by atoms with van der Waals surface area (Å²) in [4.78, 5) is 0. The van der Waals surface area contributed by atoms with E-state index in [1.807, 2.05) is 37.3 Å². The number of hydrogen-bond acceptors (Lipinski definition) is 1. The predicted octanol–water partition coefficient (Wildman–Crippen LogP) is 5.20. The molecule has 0 saturated heterocycles. The molecule has 1 atom stereocenters. The summed E-state index contributed by atoms with van der Waals surface area (Å²) >= 11 is 6.67. The molecular weight excluding hydrogens is 373 g/mol. The molecule has 1 nitrogen and oxygen atoms in total. The largest absolute Gasteiger partial charge is 0.306 e. The lowest BCUT2D eigenvalue weighted by Gasteiger charge is -2.15. The van der Waals surface area contributed by atoms with Gasteiger partial charge in [-0.05, 0) is 36.8 Å². The van der Waals surface area contributed by atoms with Crippen LogP contribution in [0.25, 0.3) is 0 Å². The topological polar surface area (TPSA) is 12.0 Å². The molecule has 0 heterocycles. The van der Waals surface area contributed by atoms with E-state index in [4.69, 9.17) is 0 Å². The maximum atomic E-state index is 13.8. The van der Waals surface area contributed by atoms with Crippen LogP contribution in [0.1, 0.15) is 24.1 Å². The minimum absolute atomic E-state index is 0.0308. The summed E-state index contributed by atoms with van der Waals surface area (Å²) in [5.41, 5.74) is 1.85. The molecule has 0 saturated carbocycles. The lowest BCUT2D eigenvalue weighted by atomic mass is 10.1. The molecule has 0 spiro atoms. The van der Waals surface area contributed by atoms with Gasteiger partial charge in [-0.3, -0.25) is 0 Å². The van der Waals surface area contributed by atoms with Gasteiger partial charge in [-0.25, -0.2) is 4.39 Å². The van der Waals surface area contributed by atoms with Crippen LogP contribution in [-0.2, 0) is 6.54 Å². The van der Waals surface area contributed by atoms with Crippen LogP contribution in [0.5, 0.6) is 0 Å². The summed E-state index contributed by atoms with van der Waals surface area (Å²) in [6.45, 7) is 2.68. The summed E-state index contributed by atoms with van der Waals surface area (Å²) in [6, 6.07) is 13.2. The van der Waals surface area contributed by atoms with Crippen LogP contribution in [0.3, 0.4) is 0 Å². The molecule has 1 N–H and O–H groups in total. The van der Waals surface area contributed by atoms with Gasteiger partial charge in [0.05, 0.1) is 0 Å². The molecular formula is C15H14Br2FN. The van der Waals surface area contributed by atoms with Crippen LogP contribution < -0.4 is 5.32 Å². The van der Waals surface area contributed by atoms with Crippen molar-refractivity contribution in [2.24, 2.45) is 0 Å². The van der Waals surface area contributed by atoms with Gasteiger partial charge in [0.15, 0.2) is 0 Å². The second kappa shape index (κ2) is 6.64. The van der Waals surface area contributed by atoms with E-state index in [1.54, 1.807) is 6.07 Å². The number of benzene rings is 2. The summed E-state index contributed by atoms with van der Waals surface area (Å²) in [7, 11) is 0. The zero-order chi connectivity index (χ0) is 13.8. The number of halogens is 3. The lowest BCUT2D eigenvalue weighted by Crippen LogP contribution is -2.19. The number of nitrogens with one attached hydrogen (secondary N) is 1. The Morgan fingerprint density at radius 2 is 1.68 bits per heavy atom. The van der Waals surface area contributed by atoms with Crippen LogP contribution in [0.2, 0.25) is 0 Å². The van der Waals surface area contributed by atoms with Crippen molar-refractivity contribution < 1.29 is 4.39 Å². The van der Waals surface area contributed by atoms with Gasteiger partial charge in [0.2, 0.25) is 0 Å². The fourth-order valence-electron chi connectivity index (χ4n) is 1.84. The highest BCUT2D eigenvalue weighted by atomic mass is 79.9. The van der Waals surface area contributed by atoms with Gasteiger partial charge >= 0.3 is 0 Å². The van der Waals surface area contributed by atoms with E-state index < -0.39 is 0 Å². The normalized spacial score (nSPS) is 12.4. The highest BCUT2D eigenvalue weighted by Gasteiger charge is 2.10. The second-order valence-electron chi connectivity index (χ2n) is 4.39. The molecule has 0 amide bonds. The monoisotopic (exact) mass is 385 g/mol. The fraction of sp³-hybridized carbons (Fsp3) is 0.200. The molecule has 0 radical (unpaired) electrons. The summed E-state index contributed by atoms with van der Waals surface area (Å²) < 4.78 is 15.6. The molecule has 0 aliphatic carbocycles. The minimum Gasteiger partial charge on any atom is -0.306 e. The van der Waals surface area contributed by atoms with Crippen LogP contribution in [0, 0.1) is 5.82 Å². The molecule has 4 heteroatoms. The first-order valence-corrected chi connectivity index (χ1v) is 7.57. The van der Waals surface area contributed by atoms with E-state index in [9.17, 15) is 4.39 Å². The average Bonchev–Trinajstić information content (AvgIpc) is 2.37. The summed E-state index contributed by atoms with van der Waals surface area (Å²) in [5, 5.41) is 3.32. The molecule has 100 valence electrons. The Balaban J connectivity index is 2.01. The third-order valence-electron chi connectivity index (χ3n) is 2.95. The Morgan fingerprint density at radius 1 is 1.05 bits per heavy atom. The SMILES string of the molecule is CC(NCc1ccc(Br)cc1)c1ccc(Br)cc1F. The molecule has 0 aliphatic rings. The lowest BCUT2D eigenvalue weighted by molar-refractivity contribution is 0.528. The zero-order valence-electron chi connectivity index (χ0n) is 10.5. The van der Waals surface area contributed by atoms with E-state index in [0.717, 1.165) is 8.95 Å². The summed E-state index contributed by atoms with van der Waals surface area (Å²) in [5.74, 6) is -0.190. The number of hydrogen-bond donors (Lipinski definition) is 1. The van der Waals surface area contributed by atoms with Crippen molar-refractivity contribution in [2.75, 3.05) is 0 Å². The third-order valence-corrected chi connectivity index (χ3v) is 3.98. The van der Waals surface area contributed by atoms with Gasteiger partial charge in [-0.1, -0.05) is 50.1 Å². The molecule has 0 aliphatic heterocycles. The van der Waals surface area contributed by atoms with Crippen molar-refractivity contribution >= 4 is 31.9 Å². The summed E-state index contributed by atoms with van der Waals surface area (Å²) in [6.07, 6.45) is 0. The van der Waals surface area contributed by atoms with Crippen molar-refractivity contribution in [3.05, 3.63) is 68.4 Å². The van der Waals surface area contributed by atoms with E-state index >= 15 is 0 Å². The molecule has 19 heavy (non-hydrogen) atoms. The van der Waals surface area contributed by atoms with Gasteiger partial charge in [-0.15, -0.1) is 0 Å². The van der Waals surface area contributed by atoms with Crippen molar-refractivity contribution in [3.63, 3.8) is 0 Å². The quantitative estimate of drug-likeness (QED) is 0.761. The predicted molar refractivity (Wildman–Crippen MR) is 83.5 cm³/mol. The smallest absolute Gasteiger partial charge is 0.129 e. The van der Waals surface area contributed by atoms with Crippen molar-refractivity contribution in [1.82, 2.24) is 5.32 Å². The van der Waals surface area contributed by atoms with Crippen LogP contribution in [0.4, 0.5) is 4.39 Å². The Kier molecular flexibility index (Phi) is 5.13. The van der Waals surface area contributed by atoms with Crippen LogP contribution in [-0.4, -0.2) is 0 Å². The van der Waals surface area contributed by atoms with Crippen LogP contribution in [0.15, 0.2) is 51.4 Å².